The van der Waals surface area contributed by atoms with Gasteiger partial charge in [-0.05, 0) is 64.9 Å². The van der Waals surface area contributed by atoms with E-state index in [0.717, 1.165) is 17.3 Å². The minimum Gasteiger partial charge on any atom is -0.493 e. The number of thiocarbonyl (C=S) groups is 1. The lowest BCUT2D eigenvalue weighted by molar-refractivity contribution is 0.0933. The van der Waals surface area contributed by atoms with E-state index < -0.39 is 11.8 Å². The third-order valence-electron chi connectivity index (χ3n) is 3.58. The highest BCUT2D eigenvalue weighted by Crippen LogP contribution is 2.23. The van der Waals surface area contributed by atoms with Gasteiger partial charge in [0.2, 0.25) is 0 Å². The molecule has 2 amide bonds. The lowest BCUT2D eigenvalue weighted by Gasteiger charge is -2.14. The van der Waals surface area contributed by atoms with E-state index in [2.05, 4.69) is 55.0 Å². The number of carbonyl (C=O) groups is 2. The third-order valence-corrected chi connectivity index (χ3v) is 4.97. The molecular formula is C19H19Br2N3O3S. The van der Waals surface area contributed by atoms with E-state index in [1.807, 2.05) is 0 Å². The van der Waals surface area contributed by atoms with Crippen molar-refractivity contribution in [2.24, 2.45) is 0 Å². The predicted molar refractivity (Wildman–Crippen MR) is 119 cm³/mol. The van der Waals surface area contributed by atoms with Crippen LogP contribution in [0.5, 0.6) is 5.75 Å². The zero-order valence-electron chi connectivity index (χ0n) is 15.1. The molecule has 0 saturated heterocycles. The molecule has 0 unspecified atom stereocenters. The quantitative estimate of drug-likeness (QED) is 0.295. The summed E-state index contributed by atoms with van der Waals surface area (Å²) in [4.78, 5) is 24.7. The van der Waals surface area contributed by atoms with Crippen molar-refractivity contribution in [3.8, 4) is 5.75 Å². The monoisotopic (exact) mass is 527 g/mol. The maximum absolute atomic E-state index is 12.6. The van der Waals surface area contributed by atoms with Crippen molar-refractivity contribution in [2.75, 3.05) is 6.61 Å². The molecule has 0 radical (unpaired) electrons. The highest BCUT2D eigenvalue weighted by molar-refractivity contribution is 9.10. The van der Waals surface area contributed by atoms with Crippen LogP contribution in [0.1, 0.15) is 40.5 Å². The van der Waals surface area contributed by atoms with Crippen molar-refractivity contribution in [2.45, 2.75) is 19.8 Å². The Hall–Kier alpha value is -1.97. The number of nitrogens with one attached hydrogen (secondary N) is 3. The smallest absolute Gasteiger partial charge is 0.270 e. The van der Waals surface area contributed by atoms with Gasteiger partial charge in [0.25, 0.3) is 11.8 Å². The van der Waals surface area contributed by atoms with Crippen LogP contribution in [0.4, 0.5) is 0 Å². The van der Waals surface area contributed by atoms with E-state index in [1.165, 1.54) is 0 Å². The van der Waals surface area contributed by atoms with Gasteiger partial charge in [-0.25, -0.2) is 0 Å². The number of benzene rings is 2. The first-order valence-electron chi connectivity index (χ1n) is 8.51. The summed E-state index contributed by atoms with van der Waals surface area (Å²) >= 11 is 11.7. The molecule has 0 aliphatic carbocycles. The number of unbranched alkanes of at least 4 members (excludes halogenated alkanes) is 1. The Morgan fingerprint density at radius 3 is 2.50 bits per heavy atom. The summed E-state index contributed by atoms with van der Waals surface area (Å²) in [6.07, 6.45) is 1.88. The molecule has 3 N–H and O–H groups in total. The molecule has 0 spiro atoms. The van der Waals surface area contributed by atoms with Crippen LogP contribution in [0.15, 0.2) is 51.4 Å². The van der Waals surface area contributed by atoms with Crippen LogP contribution in [-0.4, -0.2) is 23.5 Å². The molecule has 0 aliphatic heterocycles. The van der Waals surface area contributed by atoms with E-state index in [-0.39, 0.29) is 5.11 Å². The summed E-state index contributed by atoms with van der Waals surface area (Å²) in [5.74, 6) is -0.371. The van der Waals surface area contributed by atoms with Crippen LogP contribution < -0.4 is 20.9 Å². The second-order valence-corrected chi connectivity index (χ2v) is 7.86. The molecule has 0 aliphatic rings. The van der Waals surface area contributed by atoms with Crippen molar-refractivity contribution in [3.63, 3.8) is 0 Å². The molecule has 28 heavy (non-hydrogen) atoms. The summed E-state index contributed by atoms with van der Waals surface area (Å²) in [6.45, 7) is 2.58. The van der Waals surface area contributed by atoms with E-state index in [9.17, 15) is 9.59 Å². The standard InChI is InChI=1S/C19H19Br2N3O3S/c1-2-3-10-27-16-9-8-12(20)11-14(16)17(25)22-19(28)24-23-18(26)13-6-4-5-7-15(13)21/h4-9,11H,2-3,10H2,1H3,(H,23,26)(H2,22,24,25,28). The number of hydrogen-bond donors (Lipinski definition) is 3. The van der Waals surface area contributed by atoms with Gasteiger partial charge in [0.15, 0.2) is 5.11 Å². The summed E-state index contributed by atoms with van der Waals surface area (Å²) in [5, 5.41) is 2.49. The maximum atomic E-state index is 12.6. The Labute approximate surface area is 185 Å². The normalized spacial score (nSPS) is 10.1. The number of hydrogen-bond acceptors (Lipinski definition) is 4. The molecule has 0 bridgehead atoms. The predicted octanol–water partition coefficient (Wildman–Crippen LogP) is 4.34. The molecule has 2 rings (SSSR count). The fraction of sp³-hybridized carbons (Fsp3) is 0.211. The van der Waals surface area contributed by atoms with Gasteiger partial charge in [-0.3, -0.25) is 25.8 Å². The molecule has 148 valence electrons. The molecule has 9 heteroatoms. The van der Waals surface area contributed by atoms with E-state index in [4.69, 9.17) is 17.0 Å². The minimum atomic E-state index is -0.444. The molecular weight excluding hydrogens is 510 g/mol. The van der Waals surface area contributed by atoms with Crippen LogP contribution in [0.25, 0.3) is 0 Å². The van der Waals surface area contributed by atoms with Gasteiger partial charge < -0.3 is 4.74 Å². The average molecular weight is 529 g/mol. The lowest BCUT2D eigenvalue weighted by atomic mass is 10.2. The molecule has 0 heterocycles. The highest BCUT2D eigenvalue weighted by atomic mass is 79.9. The van der Waals surface area contributed by atoms with Crippen molar-refractivity contribution in [1.82, 2.24) is 16.2 Å². The Kier molecular flexibility index (Phi) is 8.88. The number of ether oxygens (including phenoxy) is 1. The molecule has 2 aromatic rings. The van der Waals surface area contributed by atoms with Crippen molar-refractivity contribution in [1.29, 1.82) is 0 Å². The Balaban J connectivity index is 1.96. The second-order valence-electron chi connectivity index (χ2n) is 5.68. The third kappa shape index (κ3) is 6.57. The zero-order valence-corrected chi connectivity index (χ0v) is 19.0. The highest BCUT2D eigenvalue weighted by Gasteiger charge is 2.16. The van der Waals surface area contributed by atoms with Gasteiger partial charge in [0.1, 0.15) is 5.75 Å². The Bertz CT molecular complexity index is 877. The fourth-order valence-electron chi connectivity index (χ4n) is 2.16. The number of amides is 2. The first-order chi connectivity index (χ1) is 13.4. The SMILES string of the molecule is CCCCOc1ccc(Br)cc1C(=O)NC(=S)NNC(=O)c1ccccc1Br. The first-order valence-corrected chi connectivity index (χ1v) is 10.5. The van der Waals surface area contributed by atoms with Crippen molar-refractivity contribution < 1.29 is 14.3 Å². The maximum Gasteiger partial charge on any atom is 0.270 e. The number of rotatable bonds is 6. The summed E-state index contributed by atoms with van der Waals surface area (Å²) < 4.78 is 7.07. The van der Waals surface area contributed by atoms with Gasteiger partial charge in [0, 0.05) is 8.95 Å². The van der Waals surface area contributed by atoms with E-state index in [0.29, 0.717) is 28.0 Å². The van der Waals surface area contributed by atoms with E-state index >= 15 is 0 Å². The van der Waals surface area contributed by atoms with Crippen LogP contribution in [0.2, 0.25) is 0 Å². The molecule has 0 fully saturated rings. The van der Waals surface area contributed by atoms with Crippen LogP contribution in [-0.2, 0) is 0 Å². The Morgan fingerprint density at radius 1 is 1.04 bits per heavy atom. The van der Waals surface area contributed by atoms with Crippen LogP contribution >= 0.6 is 44.1 Å². The largest absolute Gasteiger partial charge is 0.493 e. The summed E-state index contributed by atoms with van der Waals surface area (Å²) in [7, 11) is 0. The topological polar surface area (TPSA) is 79.5 Å². The molecule has 0 atom stereocenters. The Morgan fingerprint density at radius 2 is 1.79 bits per heavy atom. The summed E-state index contributed by atoms with van der Waals surface area (Å²) in [6, 6.07) is 12.1. The molecule has 0 aromatic heterocycles. The van der Waals surface area contributed by atoms with Gasteiger partial charge >= 0.3 is 0 Å². The summed E-state index contributed by atoms with van der Waals surface area (Å²) in [5.41, 5.74) is 5.74. The first kappa shape index (κ1) is 22.3. The fourth-order valence-corrected chi connectivity index (χ4v) is 3.13. The van der Waals surface area contributed by atoms with Crippen molar-refractivity contribution >= 4 is 61.0 Å². The van der Waals surface area contributed by atoms with Gasteiger partial charge in [-0.2, -0.15) is 0 Å². The van der Waals surface area contributed by atoms with Gasteiger partial charge in [0.05, 0.1) is 17.7 Å². The van der Waals surface area contributed by atoms with Gasteiger partial charge in [-0.15, -0.1) is 0 Å². The number of carbonyl (C=O) groups excluding carboxylic acids is 2. The molecule has 0 saturated carbocycles. The minimum absolute atomic E-state index is 0.0371. The average Bonchev–Trinajstić information content (AvgIpc) is 2.67. The zero-order chi connectivity index (χ0) is 20.5. The lowest BCUT2D eigenvalue weighted by Crippen LogP contribution is -2.48. The number of halogens is 2. The van der Waals surface area contributed by atoms with Crippen molar-refractivity contribution in [3.05, 3.63) is 62.5 Å². The van der Waals surface area contributed by atoms with Gasteiger partial charge in [-0.1, -0.05) is 41.4 Å². The second kappa shape index (κ2) is 11.1. The number of hydrazine groups is 1. The van der Waals surface area contributed by atoms with Crippen LogP contribution in [0.3, 0.4) is 0 Å². The molecule has 2 aromatic carbocycles. The van der Waals surface area contributed by atoms with E-state index in [1.54, 1.807) is 42.5 Å². The van der Waals surface area contributed by atoms with Crippen LogP contribution in [0, 0.1) is 0 Å². The molecule has 6 nitrogen and oxygen atoms in total.